The van der Waals surface area contributed by atoms with Gasteiger partial charge in [0.25, 0.3) is 11.6 Å². The molecule has 0 radical (unpaired) electrons. The number of nitro groups is 1. The number of ether oxygens (including phenoxy) is 1. The molecule has 1 aliphatic rings. The highest BCUT2D eigenvalue weighted by Crippen LogP contribution is 2.28. The highest BCUT2D eigenvalue weighted by molar-refractivity contribution is 5.78. The van der Waals surface area contributed by atoms with Crippen molar-refractivity contribution >= 4 is 11.6 Å². The van der Waals surface area contributed by atoms with E-state index in [0.717, 1.165) is 5.56 Å². The molecule has 3 rings (SSSR count). The molecule has 0 saturated carbocycles. The van der Waals surface area contributed by atoms with E-state index in [4.69, 9.17) is 4.74 Å². The third kappa shape index (κ3) is 5.38. The third-order valence-corrected chi connectivity index (χ3v) is 5.73. The van der Waals surface area contributed by atoms with Gasteiger partial charge in [0, 0.05) is 43.9 Å². The molecule has 166 valence electrons. The summed E-state index contributed by atoms with van der Waals surface area (Å²) in [5, 5.41) is 11.0. The molecule has 0 unspecified atom stereocenters. The van der Waals surface area contributed by atoms with Gasteiger partial charge in [-0.3, -0.25) is 19.8 Å². The zero-order chi connectivity index (χ0) is 22.7. The van der Waals surface area contributed by atoms with Crippen LogP contribution in [0.25, 0.3) is 0 Å². The van der Waals surface area contributed by atoms with Gasteiger partial charge in [-0.15, -0.1) is 0 Å². The number of carbonyl (C=O) groups excluding carboxylic acids is 1. The van der Waals surface area contributed by atoms with Crippen molar-refractivity contribution < 1.29 is 18.8 Å². The maximum atomic E-state index is 13.1. The standard InChI is InChI=1S/C23H28FN3O4/c1-15-9-21(27(29)30)10-16(2)23(15)31-14-22(28)26-12-17(3)25(11-18(26)4)13-19-5-7-20(24)8-6-19/h5-10,17-18H,11-14H2,1-4H3/t17-,18+/m0/s1. The Morgan fingerprint density at radius 2 is 1.74 bits per heavy atom. The predicted molar refractivity (Wildman–Crippen MR) is 116 cm³/mol. The van der Waals surface area contributed by atoms with E-state index < -0.39 is 4.92 Å². The number of aryl methyl sites for hydroxylation is 2. The number of nitro benzene ring substituents is 1. The molecule has 2 aromatic rings. The van der Waals surface area contributed by atoms with Crippen molar-refractivity contribution in [2.24, 2.45) is 0 Å². The Morgan fingerprint density at radius 1 is 1.13 bits per heavy atom. The second-order valence-electron chi connectivity index (χ2n) is 8.25. The van der Waals surface area contributed by atoms with Gasteiger partial charge >= 0.3 is 0 Å². The first-order valence-corrected chi connectivity index (χ1v) is 10.3. The maximum Gasteiger partial charge on any atom is 0.270 e. The zero-order valence-electron chi connectivity index (χ0n) is 18.3. The molecule has 1 fully saturated rings. The monoisotopic (exact) mass is 429 g/mol. The quantitative estimate of drug-likeness (QED) is 0.515. The lowest BCUT2D eigenvalue weighted by molar-refractivity contribution is -0.385. The summed E-state index contributed by atoms with van der Waals surface area (Å²) in [6, 6.07) is 9.54. The average Bonchev–Trinajstić information content (AvgIpc) is 2.71. The summed E-state index contributed by atoms with van der Waals surface area (Å²) in [7, 11) is 0. The van der Waals surface area contributed by atoms with Crippen LogP contribution in [0.2, 0.25) is 0 Å². The van der Waals surface area contributed by atoms with Gasteiger partial charge in [-0.05, 0) is 56.5 Å². The topological polar surface area (TPSA) is 75.9 Å². The lowest BCUT2D eigenvalue weighted by atomic mass is 10.1. The van der Waals surface area contributed by atoms with Crippen LogP contribution in [-0.4, -0.2) is 52.4 Å². The second kappa shape index (κ2) is 9.43. The molecule has 0 bridgehead atoms. The van der Waals surface area contributed by atoms with Crippen LogP contribution in [0.1, 0.15) is 30.5 Å². The molecule has 0 N–H and O–H groups in total. The van der Waals surface area contributed by atoms with Gasteiger partial charge in [0.05, 0.1) is 4.92 Å². The van der Waals surface area contributed by atoms with Gasteiger partial charge in [-0.2, -0.15) is 0 Å². The van der Waals surface area contributed by atoms with Crippen molar-refractivity contribution in [3.05, 3.63) is 69.0 Å². The summed E-state index contributed by atoms with van der Waals surface area (Å²) in [6.45, 7) is 9.41. The second-order valence-corrected chi connectivity index (χ2v) is 8.25. The molecule has 0 spiro atoms. The van der Waals surface area contributed by atoms with Crippen LogP contribution in [-0.2, 0) is 11.3 Å². The molecule has 8 heteroatoms. The summed E-state index contributed by atoms with van der Waals surface area (Å²) in [4.78, 5) is 27.5. The minimum atomic E-state index is -0.441. The first kappa shape index (κ1) is 22.7. The number of amides is 1. The molecule has 1 heterocycles. The number of benzene rings is 2. The van der Waals surface area contributed by atoms with Crippen molar-refractivity contribution in [1.29, 1.82) is 0 Å². The lowest BCUT2D eigenvalue weighted by Crippen LogP contribution is -2.58. The Bertz CT molecular complexity index is 941. The Balaban J connectivity index is 1.60. The van der Waals surface area contributed by atoms with Gasteiger partial charge in [0.2, 0.25) is 0 Å². The average molecular weight is 429 g/mol. The molecule has 1 amide bonds. The number of piperazine rings is 1. The van der Waals surface area contributed by atoms with Crippen LogP contribution in [0.4, 0.5) is 10.1 Å². The van der Waals surface area contributed by atoms with E-state index >= 15 is 0 Å². The minimum Gasteiger partial charge on any atom is -0.483 e. The van der Waals surface area contributed by atoms with Crippen LogP contribution < -0.4 is 4.74 Å². The van der Waals surface area contributed by atoms with E-state index in [1.54, 1.807) is 26.0 Å². The molecule has 1 saturated heterocycles. The molecule has 2 atom stereocenters. The number of hydrogen-bond donors (Lipinski definition) is 0. The summed E-state index contributed by atoms with van der Waals surface area (Å²) in [6.07, 6.45) is 0. The molecule has 1 aliphatic heterocycles. The predicted octanol–water partition coefficient (Wildman–Crippen LogP) is 3.85. The van der Waals surface area contributed by atoms with Crippen LogP contribution in [0.15, 0.2) is 36.4 Å². The van der Waals surface area contributed by atoms with Crippen LogP contribution >= 0.6 is 0 Å². The maximum absolute atomic E-state index is 13.1. The SMILES string of the molecule is Cc1cc([N+](=O)[O-])cc(C)c1OCC(=O)N1C[C@H](C)N(Cc2ccc(F)cc2)C[C@H]1C. The number of halogens is 1. The smallest absolute Gasteiger partial charge is 0.270 e. The van der Waals surface area contributed by atoms with Crippen molar-refractivity contribution in [3.8, 4) is 5.75 Å². The number of non-ortho nitro benzene ring substituents is 1. The van der Waals surface area contributed by atoms with E-state index in [0.29, 0.717) is 36.5 Å². The van der Waals surface area contributed by atoms with Crippen LogP contribution in [0.5, 0.6) is 5.75 Å². The highest BCUT2D eigenvalue weighted by atomic mass is 19.1. The fourth-order valence-corrected chi connectivity index (χ4v) is 4.07. The highest BCUT2D eigenvalue weighted by Gasteiger charge is 2.32. The molecule has 7 nitrogen and oxygen atoms in total. The van der Waals surface area contributed by atoms with Gasteiger partial charge < -0.3 is 9.64 Å². The molecular weight excluding hydrogens is 401 g/mol. The Kier molecular flexibility index (Phi) is 6.90. The fraction of sp³-hybridized carbons (Fsp3) is 0.435. The first-order chi connectivity index (χ1) is 14.7. The Labute approximate surface area is 181 Å². The van der Waals surface area contributed by atoms with E-state index in [1.165, 1.54) is 24.3 Å². The molecular formula is C23H28FN3O4. The summed E-state index contributed by atoms with van der Waals surface area (Å²) >= 11 is 0. The zero-order valence-corrected chi connectivity index (χ0v) is 18.3. The number of nitrogens with zero attached hydrogens (tertiary/aromatic N) is 3. The lowest BCUT2D eigenvalue weighted by Gasteiger charge is -2.44. The molecule has 0 aliphatic carbocycles. The van der Waals surface area contributed by atoms with Gasteiger partial charge in [-0.25, -0.2) is 4.39 Å². The van der Waals surface area contributed by atoms with E-state index in [9.17, 15) is 19.3 Å². The number of rotatable bonds is 6. The Hall–Kier alpha value is -3.00. The van der Waals surface area contributed by atoms with Gasteiger partial charge in [0.1, 0.15) is 11.6 Å². The summed E-state index contributed by atoms with van der Waals surface area (Å²) in [5.74, 6) is 0.145. The van der Waals surface area contributed by atoms with Crippen molar-refractivity contribution in [3.63, 3.8) is 0 Å². The number of carbonyl (C=O) groups is 1. The first-order valence-electron chi connectivity index (χ1n) is 10.3. The van der Waals surface area contributed by atoms with Gasteiger partial charge in [-0.1, -0.05) is 12.1 Å². The van der Waals surface area contributed by atoms with Crippen LogP contribution in [0.3, 0.4) is 0 Å². The van der Waals surface area contributed by atoms with Gasteiger partial charge in [0.15, 0.2) is 6.61 Å². The number of hydrogen-bond acceptors (Lipinski definition) is 5. The van der Waals surface area contributed by atoms with E-state index in [-0.39, 0.29) is 36.1 Å². The normalized spacial score (nSPS) is 19.3. The molecule has 0 aromatic heterocycles. The van der Waals surface area contributed by atoms with E-state index in [1.807, 2.05) is 11.8 Å². The molecule has 2 aromatic carbocycles. The molecule has 31 heavy (non-hydrogen) atoms. The minimum absolute atomic E-state index is 0.00630. The van der Waals surface area contributed by atoms with Crippen LogP contribution in [0, 0.1) is 29.8 Å². The summed E-state index contributed by atoms with van der Waals surface area (Å²) in [5.41, 5.74) is 2.30. The van der Waals surface area contributed by atoms with Crippen molar-refractivity contribution in [2.75, 3.05) is 19.7 Å². The van der Waals surface area contributed by atoms with E-state index in [2.05, 4.69) is 11.8 Å². The van der Waals surface area contributed by atoms with Crippen molar-refractivity contribution in [2.45, 2.75) is 46.3 Å². The summed E-state index contributed by atoms with van der Waals surface area (Å²) < 4.78 is 18.9. The Morgan fingerprint density at radius 3 is 2.32 bits per heavy atom. The largest absolute Gasteiger partial charge is 0.483 e. The van der Waals surface area contributed by atoms with Crippen molar-refractivity contribution in [1.82, 2.24) is 9.80 Å². The third-order valence-electron chi connectivity index (χ3n) is 5.73. The fourth-order valence-electron chi connectivity index (χ4n) is 4.07.